The number of piperidine rings is 1. The lowest BCUT2D eigenvalue weighted by molar-refractivity contribution is -0.183. The van der Waals surface area contributed by atoms with Crippen LogP contribution in [0, 0.1) is 11.8 Å². The van der Waals surface area contributed by atoms with Crippen molar-refractivity contribution in [1.82, 2.24) is 15.5 Å². The molecular weight excluding hydrogens is 532 g/mol. The van der Waals surface area contributed by atoms with Crippen LogP contribution in [0.25, 0.3) is 0 Å². The Morgan fingerprint density at radius 2 is 1.81 bits per heavy atom. The molecule has 9 heteroatoms. The molecular formula is C23H34F3IN4O. The van der Waals surface area contributed by atoms with Crippen LogP contribution >= 0.6 is 24.0 Å². The maximum Gasteiger partial charge on any atom is 0.391 e. The predicted molar refractivity (Wildman–Crippen MR) is 131 cm³/mol. The summed E-state index contributed by atoms with van der Waals surface area (Å²) < 4.78 is 39.1. The fourth-order valence-electron chi connectivity index (χ4n) is 4.61. The maximum absolute atomic E-state index is 13.0. The van der Waals surface area contributed by atoms with Gasteiger partial charge in [-0.05, 0) is 50.0 Å². The number of nitrogens with zero attached hydrogens (tertiary/aromatic N) is 2. The van der Waals surface area contributed by atoms with Gasteiger partial charge < -0.3 is 15.5 Å². The molecule has 1 aromatic rings. The van der Waals surface area contributed by atoms with Crippen molar-refractivity contribution in [3.8, 4) is 0 Å². The zero-order chi connectivity index (χ0) is 22.3. The molecule has 0 radical (unpaired) electrons. The molecule has 0 aromatic heterocycles. The smallest absolute Gasteiger partial charge is 0.354 e. The Balaban J connectivity index is 0.00000363. The van der Waals surface area contributed by atoms with E-state index >= 15 is 0 Å². The second-order valence-corrected chi connectivity index (χ2v) is 8.69. The molecule has 0 bridgehead atoms. The third-order valence-corrected chi connectivity index (χ3v) is 6.44. The van der Waals surface area contributed by atoms with Gasteiger partial charge in [-0.2, -0.15) is 13.2 Å². The summed E-state index contributed by atoms with van der Waals surface area (Å²) in [7, 11) is 1.57. The molecule has 2 N–H and O–H groups in total. The molecule has 180 valence electrons. The number of rotatable bonds is 5. The molecule has 0 spiro atoms. The van der Waals surface area contributed by atoms with Gasteiger partial charge in [-0.25, -0.2) is 0 Å². The van der Waals surface area contributed by atoms with Crippen LogP contribution in [0.2, 0.25) is 0 Å². The van der Waals surface area contributed by atoms with Gasteiger partial charge in [-0.3, -0.25) is 9.79 Å². The quantitative estimate of drug-likeness (QED) is 0.316. The van der Waals surface area contributed by atoms with Gasteiger partial charge in [-0.1, -0.05) is 36.8 Å². The van der Waals surface area contributed by atoms with Gasteiger partial charge in [0, 0.05) is 26.2 Å². The van der Waals surface area contributed by atoms with Crippen molar-refractivity contribution in [2.45, 2.75) is 57.2 Å². The van der Waals surface area contributed by atoms with Crippen LogP contribution in [0.3, 0.4) is 0 Å². The summed E-state index contributed by atoms with van der Waals surface area (Å²) in [6.07, 6.45) is 0.298. The summed E-state index contributed by atoms with van der Waals surface area (Å²) in [4.78, 5) is 18.5. The molecule has 2 atom stereocenters. The lowest BCUT2D eigenvalue weighted by atomic mass is 9.85. The Hall–Kier alpha value is -1.52. The van der Waals surface area contributed by atoms with Crippen molar-refractivity contribution in [2.75, 3.05) is 26.7 Å². The summed E-state index contributed by atoms with van der Waals surface area (Å²) in [5.41, 5.74) is 1.33. The number of amides is 1. The van der Waals surface area contributed by atoms with Gasteiger partial charge in [0.15, 0.2) is 5.96 Å². The lowest BCUT2D eigenvalue weighted by Crippen LogP contribution is -2.50. The third-order valence-electron chi connectivity index (χ3n) is 6.44. The average molecular weight is 566 g/mol. The van der Waals surface area contributed by atoms with E-state index in [1.165, 1.54) is 5.56 Å². The van der Waals surface area contributed by atoms with Gasteiger partial charge in [-0.15, -0.1) is 24.0 Å². The van der Waals surface area contributed by atoms with Crippen molar-refractivity contribution in [3.63, 3.8) is 0 Å². The van der Waals surface area contributed by atoms with Crippen LogP contribution in [-0.4, -0.2) is 55.7 Å². The van der Waals surface area contributed by atoms with Gasteiger partial charge in [0.2, 0.25) is 5.91 Å². The number of carbonyl (C=O) groups is 1. The number of hydrogen-bond acceptors (Lipinski definition) is 2. The Kier molecular flexibility index (Phi) is 10.6. The zero-order valence-corrected chi connectivity index (χ0v) is 20.9. The molecule has 1 heterocycles. The Bertz CT molecular complexity index is 737. The minimum absolute atomic E-state index is 0. The van der Waals surface area contributed by atoms with E-state index in [-0.39, 0.29) is 55.3 Å². The van der Waals surface area contributed by atoms with Crippen LogP contribution in [-0.2, 0) is 11.2 Å². The first-order chi connectivity index (χ1) is 14.8. The summed E-state index contributed by atoms with van der Waals surface area (Å²) in [6, 6.07) is 10.1. The Morgan fingerprint density at radius 3 is 2.44 bits per heavy atom. The van der Waals surface area contributed by atoms with E-state index in [0.717, 1.165) is 32.4 Å². The number of nitrogens with one attached hydrogen (secondary N) is 2. The topological polar surface area (TPSA) is 56.7 Å². The standard InChI is InChI=1S/C23H33F3N4O.HI/c1-27-22(29-20-9-5-8-19(15-20)23(24,25)26)28-16-21(31)30-12-10-18(11-13-30)14-17-6-3-2-4-7-17;/h2-4,6-7,18-20H,5,8-16H2,1H3,(H2,27,28,29);1H. The van der Waals surface area contributed by atoms with E-state index in [2.05, 4.69) is 39.9 Å². The summed E-state index contributed by atoms with van der Waals surface area (Å²) in [6.45, 7) is 1.57. The highest BCUT2D eigenvalue weighted by Gasteiger charge is 2.42. The largest absolute Gasteiger partial charge is 0.391 e. The highest BCUT2D eigenvalue weighted by Crippen LogP contribution is 2.37. The number of aliphatic imine (C=N–C) groups is 1. The average Bonchev–Trinajstić information content (AvgIpc) is 2.77. The zero-order valence-electron chi connectivity index (χ0n) is 18.5. The number of halogens is 4. The summed E-state index contributed by atoms with van der Waals surface area (Å²) in [5, 5.41) is 6.05. The first-order valence-electron chi connectivity index (χ1n) is 11.2. The van der Waals surface area contributed by atoms with Crippen LogP contribution in [0.1, 0.15) is 44.1 Å². The lowest BCUT2D eigenvalue weighted by Gasteiger charge is -2.33. The predicted octanol–water partition coefficient (Wildman–Crippen LogP) is 4.37. The Morgan fingerprint density at radius 1 is 1.12 bits per heavy atom. The van der Waals surface area contributed by atoms with Crippen LogP contribution in [0.4, 0.5) is 13.2 Å². The molecule has 1 saturated carbocycles. The van der Waals surface area contributed by atoms with E-state index in [4.69, 9.17) is 0 Å². The van der Waals surface area contributed by atoms with Crippen LogP contribution in [0.5, 0.6) is 0 Å². The fourth-order valence-corrected chi connectivity index (χ4v) is 4.61. The van der Waals surface area contributed by atoms with Gasteiger partial charge in [0.1, 0.15) is 0 Å². The molecule has 1 amide bonds. The first kappa shape index (κ1) is 26.7. The number of likely N-dealkylation sites (tertiary alicyclic amines) is 1. The van der Waals surface area contributed by atoms with E-state index in [9.17, 15) is 18.0 Å². The second kappa shape index (κ2) is 12.6. The van der Waals surface area contributed by atoms with Crippen molar-refractivity contribution in [1.29, 1.82) is 0 Å². The third kappa shape index (κ3) is 8.12. The molecule has 3 rings (SSSR count). The maximum atomic E-state index is 13.0. The SMILES string of the molecule is CN=C(NCC(=O)N1CCC(Cc2ccccc2)CC1)NC1CCCC(C(F)(F)F)C1.I. The molecule has 1 aliphatic heterocycles. The highest BCUT2D eigenvalue weighted by atomic mass is 127. The fraction of sp³-hybridized carbons (Fsp3) is 0.652. The number of alkyl halides is 3. The van der Waals surface area contributed by atoms with Gasteiger partial charge in [0.25, 0.3) is 0 Å². The molecule has 2 unspecified atom stereocenters. The molecule has 1 aliphatic carbocycles. The van der Waals surface area contributed by atoms with E-state index < -0.39 is 12.1 Å². The van der Waals surface area contributed by atoms with E-state index in [0.29, 0.717) is 24.7 Å². The molecule has 32 heavy (non-hydrogen) atoms. The van der Waals surface area contributed by atoms with Crippen molar-refractivity contribution < 1.29 is 18.0 Å². The van der Waals surface area contributed by atoms with Gasteiger partial charge >= 0.3 is 6.18 Å². The van der Waals surface area contributed by atoms with Crippen LogP contribution < -0.4 is 10.6 Å². The summed E-state index contributed by atoms with van der Waals surface area (Å²) >= 11 is 0. The molecule has 2 aliphatic rings. The first-order valence-corrected chi connectivity index (χ1v) is 11.2. The molecule has 2 fully saturated rings. The van der Waals surface area contributed by atoms with E-state index in [1.807, 2.05) is 11.0 Å². The number of benzene rings is 1. The van der Waals surface area contributed by atoms with Gasteiger partial charge in [0.05, 0.1) is 12.5 Å². The number of hydrogen-bond donors (Lipinski definition) is 2. The monoisotopic (exact) mass is 566 g/mol. The Labute approximate surface area is 205 Å². The molecule has 1 aromatic carbocycles. The minimum atomic E-state index is -4.15. The van der Waals surface area contributed by atoms with Crippen molar-refractivity contribution in [3.05, 3.63) is 35.9 Å². The highest BCUT2D eigenvalue weighted by molar-refractivity contribution is 14.0. The molecule has 1 saturated heterocycles. The normalized spacial score (nSPS) is 22.8. The number of carbonyl (C=O) groups excluding carboxylic acids is 1. The summed E-state index contributed by atoms with van der Waals surface area (Å²) in [5.74, 6) is -0.296. The van der Waals surface area contributed by atoms with Crippen molar-refractivity contribution in [2.24, 2.45) is 16.8 Å². The minimum Gasteiger partial charge on any atom is -0.354 e. The second-order valence-electron chi connectivity index (χ2n) is 8.69. The molecule has 5 nitrogen and oxygen atoms in total. The van der Waals surface area contributed by atoms with Crippen LogP contribution in [0.15, 0.2) is 35.3 Å². The van der Waals surface area contributed by atoms with E-state index in [1.54, 1.807) is 7.05 Å². The van der Waals surface area contributed by atoms with Crippen molar-refractivity contribution >= 4 is 35.8 Å². The number of guanidine groups is 1.